The monoisotopic (exact) mass is 788 g/mol. The molecule has 0 N–H and O–H groups in total. The van der Waals surface area contributed by atoms with Crippen LogP contribution in [0.3, 0.4) is 0 Å². The van der Waals surface area contributed by atoms with E-state index < -0.39 is 0 Å². The Hall–Kier alpha value is -8.20. The molecule has 11 aromatic carbocycles. The topological polar surface area (TPSA) is 8.17 Å². The number of hydrogen-bond acceptors (Lipinski definition) is 1. The molecule has 62 heavy (non-hydrogen) atoms. The zero-order chi connectivity index (χ0) is 41.0. The lowest BCUT2D eigenvalue weighted by molar-refractivity contribution is 1.19. The zero-order valence-corrected chi connectivity index (χ0v) is 34.0. The van der Waals surface area contributed by atoms with Crippen LogP contribution in [0.1, 0.15) is 0 Å². The van der Waals surface area contributed by atoms with Crippen LogP contribution >= 0.6 is 0 Å². The van der Waals surface area contributed by atoms with Gasteiger partial charge in [0.2, 0.25) is 0 Å². The number of anilines is 3. The van der Waals surface area contributed by atoms with E-state index in [1.165, 1.54) is 87.5 Å². The molecule has 0 saturated heterocycles. The normalized spacial score (nSPS) is 11.5. The molecular formula is C60H40N2. The predicted molar refractivity (Wildman–Crippen MR) is 264 cm³/mol. The van der Waals surface area contributed by atoms with E-state index in [1.54, 1.807) is 0 Å². The van der Waals surface area contributed by atoms with Crippen molar-refractivity contribution < 1.29 is 0 Å². The zero-order valence-electron chi connectivity index (χ0n) is 34.0. The Morgan fingerprint density at radius 1 is 0.290 bits per heavy atom. The number of aromatic nitrogens is 1. The van der Waals surface area contributed by atoms with Gasteiger partial charge in [-0.1, -0.05) is 182 Å². The summed E-state index contributed by atoms with van der Waals surface area (Å²) in [5, 5.41) is 9.91. The Bertz CT molecular complexity index is 3610. The number of hydrogen-bond donors (Lipinski definition) is 0. The third-order valence-corrected chi connectivity index (χ3v) is 12.5. The van der Waals surface area contributed by atoms with Crippen LogP contribution in [0.25, 0.3) is 93.2 Å². The van der Waals surface area contributed by atoms with Gasteiger partial charge >= 0.3 is 0 Å². The molecule has 0 amide bonds. The quantitative estimate of drug-likeness (QED) is 0.156. The molecule has 12 aromatic rings. The minimum Gasteiger partial charge on any atom is -0.310 e. The highest BCUT2D eigenvalue weighted by Gasteiger charge is 2.21. The summed E-state index contributed by atoms with van der Waals surface area (Å²) in [6.07, 6.45) is 0. The Labute approximate surface area is 360 Å². The van der Waals surface area contributed by atoms with Crippen LogP contribution in [0.2, 0.25) is 0 Å². The van der Waals surface area contributed by atoms with E-state index in [0.717, 1.165) is 22.7 Å². The smallest absolute Gasteiger partial charge is 0.0625 e. The van der Waals surface area contributed by atoms with Gasteiger partial charge in [-0.05, 0) is 121 Å². The number of para-hydroxylation sites is 2. The molecular weight excluding hydrogens is 749 g/mol. The number of rotatable bonds is 7. The van der Waals surface area contributed by atoms with Gasteiger partial charge in [0, 0.05) is 38.9 Å². The van der Waals surface area contributed by atoms with Crippen LogP contribution in [0.15, 0.2) is 243 Å². The summed E-state index contributed by atoms with van der Waals surface area (Å²) in [5.41, 5.74) is 14.1. The average molecular weight is 789 g/mol. The molecule has 0 unspecified atom stereocenters. The SMILES string of the molecule is c1ccc(-n2c3ccccc3c3c(-c4cccc(N(c5ccc(-c6ccc(-c7cccc8ccccc78)cc6)cc5)c5ccc6ccccc6c5)c4)cc4ccccc4c32)cc1. The minimum absolute atomic E-state index is 1.10. The molecule has 0 saturated carbocycles. The van der Waals surface area contributed by atoms with E-state index in [1.807, 2.05) is 0 Å². The summed E-state index contributed by atoms with van der Waals surface area (Å²) in [6.45, 7) is 0. The molecule has 1 aromatic heterocycles. The molecule has 12 rings (SSSR count). The van der Waals surface area contributed by atoms with Crippen molar-refractivity contribution in [3.8, 4) is 39.1 Å². The second-order valence-electron chi connectivity index (χ2n) is 16.1. The standard InChI is InChI=1S/C60H40N2/c1-2-20-49(21-3-1)62-58-27-11-10-25-56(58)59-57(40-48-17-7-9-24-55(48)60(59)62)47-19-12-22-51(39-47)61(52-37-34-41-14-4-5-16-46(41)38-52)50-35-32-43(33-36-50)42-28-30-45(31-29-42)54-26-13-18-44-15-6-8-23-53(44)54/h1-40H. The van der Waals surface area contributed by atoms with E-state index in [-0.39, 0.29) is 0 Å². The summed E-state index contributed by atoms with van der Waals surface area (Å²) in [5.74, 6) is 0. The second kappa shape index (κ2) is 14.8. The minimum atomic E-state index is 1.10. The first-order chi connectivity index (χ1) is 30.7. The molecule has 0 aliphatic rings. The average Bonchev–Trinajstić information content (AvgIpc) is 3.70. The molecule has 1 heterocycles. The lowest BCUT2D eigenvalue weighted by Gasteiger charge is -2.27. The first-order valence-corrected chi connectivity index (χ1v) is 21.3. The summed E-state index contributed by atoms with van der Waals surface area (Å²) in [4.78, 5) is 2.40. The Morgan fingerprint density at radius 3 is 1.68 bits per heavy atom. The molecule has 290 valence electrons. The molecule has 2 heteroatoms. The maximum Gasteiger partial charge on any atom is 0.0625 e. The van der Waals surface area contributed by atoms with Crippen molar-refractivity contribution in [1.82, 2.24) is 4.57 Å². The van der Waals surface area contributed by atoms with E-state index >= 15 is 0 Å². The molecule has 0 atom stereocenters. The van der Waals surface area contributed by atoms with E-state index in [2.05, 4.69) is 252 Å². The predicted octanol–water partition coefficient (Wildman–Crippen LogP) is 16.7. The molecule has 0 bridgehead atoms. The number of nitrogens with zero attached hydrogens (tertiary/aromatic N) is 2. The first-order valence-electron chi connectivity index (χ1n) is 21.3. The summed E-state index contributed by atoms with van der Waals surface area (Å²) >= 11 is 0. The Morgan fingerprint density at radius 2 is 0.871 bits per heavy atom. The van der Waals surface area contributed by atoms with Crippen molar-refractivity contribution in [3.63, 3.8) is 0 Å². The highest BCUT2D eigenvalue weighted by molar-refractivity contribution is 6.24. The summed E-state index contributed by atoms with van der Waals surface area (Å²) < 4.78 is 2.44. The summed E-state index contributed by atoms with van der Waals surface area (Å²) in [7, 11) is 0. The van der Waals surface area contributed by atoms with Crippen LogP contribution in [0.5, 0.6) is 0 Å². The third kappa shape index (κ3) is 6.04. The Kier molecular flexibility index (Phi) is 8.53. The second-order valence-corrected chi connectivity index (χ2v) is 16.1. The lowest BCUT2D eigenvalue weighted by atomic mass is 9.94. The van der Waals surface area contributed by atoms with Crippen LogP contribution < -0.4 is 4.90 Å². The van der Waals surface area contributed by atoms with Gasteiger partial charge in [0.05, 0.1) is 11.0 Å². The van der Waals surface area contributed by atoms with Gasteiger partial charge < -0.3 is 9.47 Å². The highest BCUT2D eigenvalue weighted by Crippen LogP contribution is 2.45. The van der Waals surface area contributed by atoms with Crippen LogP contribution in [0.4, 0.5) is 17.1 Å². The molecule has 0 aliphatic heterocycles. The van der Waals surface area contributed by atoms with Crippen molar-refractivity contribution in [3.05, 3.63) is 243 Å². The lowest BCUT2D eigenvalue weighted by Crippen LogP contribution is -2.10. The van der Waals surface area contributed by atoms with E-state index in [0.29, 0.717) is 0 Å². The number of benzene rings is 11. The molecule has 0 radical (unpaired) electrons. The van der Waals surface area contributed by atoms with Gasteiger partial charge in [-0.3, -0.25) is 0 Å². The van der Waals surface area contributed by atoms with Gasteiger partial charge in [0.25, 0.3) is 0 Å². The third-order valence-electron chi connectivity index (χ3n) is 12.5. The van der Waals surface area contributed by atoms with E-state index in [4.69, 9.17) is 0 Å². The molecule has 0 spiro atoms. The molecule has 2 nitrogen and oxygen atoms in total. The van der Waals surface area contributed by atoms with Crippen LogP contribution in [-0.2, 0) is 0 Å². The summed E-state index contributed by atoms with van der Waals surface area (Å²) in [6, 6.07) is 88.5. The van der Waals surface area contributed by atoms with Crippen LogP contribution in [-0.4, -0.2) is 4.57 Å². The first kappa shape index (κ1) is 35.7. The number of fused-ring (bicyclic) bond motifs is 7. The fourth-order valence-corrected chi connectivity index (χ4v) is 9.60. The van der Waals surface area contributed by atoms with Crippen molar-refractivity contribution in [2.75, 3.05) is 4.90 Å². The maximum atomic E-state index is 2.44. The Balaban J connectivity index is 0.995. The van der Waals surface area contributed by atoms with Crippen molar-refractivity contribution in [2.45, 2.75) is 0 Å². The van der Waals surface area contributed by atoms with Crippen LogP contribution in [0, 0.1) is 0 Å². The molecule has 0 aliphatic carbocycles. The van der Waals surface area contributed by atoms with Gasteiger partial charge in [-0.25, -0.2) is 0 Å². The highest BCUT2D eigenvalue weighted by atomic mass is 15.1. The van der Waals surface area contributed by atoms with Gasteiger partial charge in [0.1, 0.15) is 0 Å². The maximum absolute atomic E-state index is 2.44. The molecule has 0 fully saturated rings. The largest absolute Gasteiger partial charge is 0.310 e. The fourth-order valence-electron chi connectivity index (χ4n) is 9.60. The van der Waals surface area contributed by atoms with Crippen molar-refractivity contribution in [2.24, 2.45) is 0 Å². The van der Waals surface area contributed by atoms with E-state index in [9.17, 15) is 0 Å². The van der Waals surface area contributed by atoms with Crippen molar-refractivity contribution >= 4 is 71.2 Å². The van der Waals surface area contributed by atoms with Gasteiger partial charge in [0.15, 0.2) is 0 Å². The fraction of sp³-hybridized carbons (Fsp3) is 0. The van der Waals surface area contributed by atoms with Gasteiger partial charge in [-0.15, -0.1) is 0 Å². The van der Waals surface area contributed by atoms with Crippen molar-refractivity contribution in [1.29, 1.82) is 0 Å². The van der Waals surface area contributed by atoms with Gasteiger partial charge in [-0.2, -0.15) is 0 Å².